The lowest BCUT2D eigenvalue weighted by Gasteiger charge is -2.24. The van der Waals surface area contributed by atoms with Crippen LogP contribution < -0.4 is 30.1 Å². The van der Waals surface area contributed by atoms with Gasteiger partial charge in [-0.2, -0.15) is 0 Å². The van der Waals surface area contributed by atoms with Gasteiger partial charge in [0.15, 0.2) is 4.80 Å². The Balaban J connectivity index is 1.56. The molecule has 11 heteroatoms. The summed E-state index contributed by atoms with van der Waals surface area (Å²) in [5.41, 5.74) is 2.04. The molecule has 0 radical (unpaired) electrons. The third-order valence-corrected chi connectivity index (χ3v) is 8.24. The first-order valence-electron chi connectivity index (χ1n) is 11.4. The maximum Gasteiger partial charge on any atom is 0.271 e. The van der Waals surface area contributed by atoms with E-state index in [4.69, 9.17) is 4.74 Å². The second-order valence-corrected chi connectivity index (χ2v) is 11.1. The molecule has 4 aromatic rings. The van der Waals surface area contributed by atoms with Crippen LogP contribution in [0.2, 0.25) is 0 Å². The number of carbonyl (C=O) groups is 2. The lowest BCUT2D eigenvalue weighted by Crippen LogP contribution is -2.40. The molecule has 0 saturated heterocycles. The number of aromatic nitrogens is 1. The van der Waals surface area contributed by atoms with Gasteiger partial charge < -0.3 is 20.0 Å². The predicted molar refractivity (Wildman–Crippen MR) is 148 cm³/mol. The van der Waals surface area contributed by atoms with E-state index >= 15 is 0 Å². The highest BCUT2D eigenvalue weighted by molar-refractivity contribution is 9.10. The van der Waals surface area contributed by atoms with Crippen LogP contribution in [0.4, 0.5) is 5.69 Å². The third kappa shape index (κ3) is 5.26. The van der Waals surface area contributed by atoms with Gasteiger partial charge in [-0.3, -0.25) is 14.2 Å². The van der Waals surface area contributed by atoms with E-state index in [1.165, 1.54) is 22.7 Å². The van der Waals surface area contributed by atoms with Gasteiger partial charge in [-0.05, 0) is 70.2 Å². The zero-order valence-corrected chi connectivity index (χ0v) is 23.1. The van der Waals surface area contributed by atoms with E-state index in [-0.39, 0.29) is 11.5 Å². The molecule has 5 rings (SSSR count). The van der Waals surface area contributed by atoms with Crippen LogP contribution in [0.3, 0.4) is 0 Å². The van der Waals surface area contributed by atoms with Gasteiger partial charge >= 0.3 is 0 Å². The highest BCUT2D eigenvalue weighted by Crippen LogP contribution is 2.33. The molecule has 192 valence electrons. The number of halogens is 1. The van der Waals surface area contributed by atoms with Crippen LogP contribution in [-0.2, 0) is 9.59 Å². The fraction of sp³-hybridized carbons (Fsp3) is 0.111. The van der Waals surface area contributed by atoms with Crippen molar-refractivity contribution in [2.45, 2.75) is 13.0 Å². The number of anilines is 1. The van der Waals surface area contributed by atoms with Crippen LogP contribution in [0.25, 0.3) is 6.08 Å². The maximum atomic E-state index is 13.7. The summed E-state index contributed by atoms with van der Waals surface area (Å²) in [5.74, 6) is -1.30. The van der Waals surface area contributed by atoms with E-state index in [0.717, 1.165) is 4.88 Å². The largest absolute Gasteiger partial charge is 0.546 e. The van der Waals surface area contributed by atoms with Crippen molar-refractivity contribution in [3.8, 4) is 5.75 Å². The van der Waals surface area contributed by atoms with E-state index in [0.29, 0.717) is 42.1 Å². The summed E-state index contributed by atoms with van der Waals surface area (Å²) in [7, 11) is 0. The van der Waals surface area contributed by atoms with Crippen molar-refractivity contribution < 1.29 is 19.4 Å². The number of thiazole rings is 1. The Hall–Kier alpha value is -3.80. The molecule has 0 fully saturated rings. The fourth-order valence-electron chi connectivity index (χ4n) is 4.06. The van der Waals surface area contributed by atoms with Crippen LogP contribution in [-0.4, -0.2) is 23.1 Å². The van der Waals surface area contributed by atoms with Gasteiger partial charge in [-0.25, -0.2) is 4.99 Å². The Labute approximate surface area is 233 Å². The number of thiophene rings is 1. The average molecular weight is 610 g/mol. The number of ether oxygens (including phenoxy) is 1. The molecule has 0 saturated carbocycles. The summed E-state index contributed by atoms with van der Waals surface area (Å²) in [4.78, 5) is 43.9. The Kier molecular flexibility index (Phi) is 7.41. The molecule has 0 bridgehead atoms. The molecule has 1 N–H and O–H groups in total. The smallest absolute Gasteiger partial charge is 0.271 e. The number of nitrogens with one attached hydrogen (secondary N) is 1. The first-order chi connectivity index (χ1) is 18.3. The molecule has 0 aliphatic carbocycles. The Morgan fingerprint density at radius 2 is 1.97 bits per heavy atom. The molecule has 3 heterocycles. The molecule has 1 aliphatic rings. The molecule has 38 heavy (non-hydrogen) atoms. The van der Waals surface area contributed by atoms with Crippen molar-refractivity contribution in [2.24, 2.45) is 4.99 Å². The number of carboxylic acids is 1. The zero-order chi connectivity index (χ0) is 26.8. The number of amides is 1. The molecule has 0 unspecified atom stereocenters. The van der Waals surface area contributed by atoms with Gasteiger partial charge in [-0.1, -0.05) is 41.7 Å². The lowest BCUT2D eigenvalue weighted by atomic mass is 10.0. The molecule has 2 aromatic heterocycles. The Morgan fingerprint density at radius 1 is 1.18 bits per heavy atom. The summed E-state index contributed by atoms with van der Waals surface area (Å²) in [6, 6.07) is 17.4. The number of allylic oxidation sites excluding steroid dienone is 1. The minimum Gasteiger partial charge on any atom is -0.546 e. The number of hydrogen-bond donors (Lipinski definition) is 1. The highest BCUT2D eigenvalue weighted by atomic mass is 79.9. The van der Waals surface area contributed by atoms with Gasteiger partial charge in [0, 0.05) is 10.6 Å². The molecule has 1 atom stereocenters. The lowest BCUT2D eigenvalue weighted by molar-refractivity contribution is -0.307. The number of fused-ring (bicyclic) bond motifs is 1. The molecule has 8 nitrogen and oxygen atoms in total. The number of hydrogen-bond acceptors (Lipinski definition) is 8. The molecular formula is C27H19BrN3O5S2-. The fourth-order valence-corrected chi connectivity index (χ4v) is 6.44. The number of rotatable bonds is 7. The number of benzene rings is 2. The van der Waals surface area contributed by atoms with Crippen LogP contribution in [0.15, 0.2) is 91.6 Å². The first kappa shape index (κ1) is 25.8. The van der Waals surface area contributed by atoms with Crippen LogP contribution in [0.1, 0.15) is 23.4 Å². The molecule has 1 amide bonds. The number of carbonyl (C=O) groups excluding carboxylic acids is 2. The maximum absolute atomic E-state index is 13.7. The van der Waals surface area contributed by atoms with Crippen LogP contribution >= 0.6 is 38.6 Å². The number of nitrogens with zero attached hydrogens (tertiary/aromatic N) is 2. The predicted octanol–water partition coefficient (Wildman–Crippen LogP) is 2.83. The normalized spacial score (nSPS) is 15.1. The SMILES string of the molecule is CC1=C(C(=O)Nc2ccccc2)[C@H](c2cccs2)n2c(s/c(=C/c3ccc(OCC(=O)[O-])c(Br)c3)c2=O)=N1. The molecule has 1 aliphatic heterocycles. The summed E-state index contributed by atoms with van der Waals surface area (Å²) >= 11 is 6.08. The van der Waals surface area contributed by atoms with E-state index in [1.807, 2.05) is 35.7 Å². The van der Waals surface area contributed by atoms with Crippen molar-refractivity contribution in [1.29, 1.82) is 0 Å². The van der Waals surface area contributed by atoms with Crippen molar-refractivity contribution in [3.63, 3.8) is 0 Å². The first-order valence-corrected chi connectivity index (χ1v) is 13.9. The Morgan fingerprint density at radius 3 is 2.66 bits per heavy atom. The van der Waals surface area contributed by atoms with E-state index < -0.39 is 18.6 Å². The van der Waals surface area contributed by atoms with E-state index in [9.17, 15) is 19.5 Å². The van der Waals surface area contributed by atoms with Crippen molar-refractivity contribution in [1.82, 2.24) is 4.57 Å². The Bertz CT molecular complexity index is 1740. The van der Waals surface area contributed by atoms with E-state index in [2.05, 4.69) is 26.2 Å². The summed E-state index contributed by atoms with van der Waals surface area (Å²) in [5, 5.41) is 15.5. The van der Waals surface area contributed by atoms with Gasteiger partial charge in [0.25, 0.3) is 11.5 Å². The van der Waals surface area contributed by atoms with Crippen molar-refractivity contribution in [3.05, 3.63) is 112 Å². The summed E-state index contributed by atoms with van der Waals surface area (Å²) in [6.07, 6.45) is 1.73. The monoisotopic (exact) mass is 608 g/mol. The summed E-state index contributed by atoms with van der Waals surface area (Å²) < 4.78 is 7.74. The standard InChI is InChI=1S/C27H20BrN3O5S2/c1-15-23(25(34)30-17-6-3-2-4-7-17)24(20-8-5-11-37-20)31-26(35)21(38-27(31)29-15)13-16-9-10-19(18(28)12-16)36-14-22(32)33/h2-13,24H,14H2,1H3,(H,30,34)(H,32,33)/p-1/b21-13+/t24-/m0/s1. The topological polar surface area (TPSA) is 113 Å². The van der Waals surface area contributed by atoms with Gasteiger partial charge in [0.05, 0.1) is 26.2 Å². The van der Waals surface area contributed by atoms with Crippen molar-refractivity contribution in [2.75, 3.05) is 11.9 Å². The van der Waals surface area contributed by atoms with Gasteiger partial charge in [-0.15, -0.1) is 11.3 Å². The average Bonchev–Trinajstić information content (AvgIpc) is 3.52. The third-order valence-electron chi connectivity index (χ3n) is 5.71. The van der Waals surface area contributed by atoms with Crippen LogP contribution in [0, 0.1) is 0 Å². The molecule has 0 spiro atoms. The second-order valence-electron chi connectivity index (χ2n) is 8.27. The highest BCUT2D eigenvalue weighted by Gasteiger charge is 2.33. The zero-order valence-electron chi connectivity index (χ0n) is 19.8. The quantitative estimate of drug-likeness (QED) is 0.347. The second kappa shape index (κ2) is 10.9. The van der Waals surface area contributed by atoms with Crippen molar-refractivity contribution >= 4 is 62.2 Å². The minimum atomic E-state index is -1.32. The number of para-hydroxylation sites is 1. The van der Waals surface area contributed by atoms with Gasteiger partial charge in [0.2, 0.25) is 0 Å². The summed E-state index contributed by atoms with van der Waals surface area (Å²) in [6.45, 7) is 1.21. The molecular weight excluding hydrogens is 590 g/mol. The number of carboxylic acid groups (broad SMARTS) is 1. The molecule has 2 aromatic carbocycles. The van der Waals surface area contributed by atoms with Crippen LogP contribution in [0.5, 0.6) is 5.75 Å². The number of aliphatic carboxylic acids is 1. The minimum absolute atomic E-state index is 0.266. The van der Waals surface area contributed by atoms with E-state index in [1.54, 1.807) is 47.9 Å². The van der Waals surface area contributed by atoms with Gasteiger partial charge in [0.1, 0.15) is 18.4 Å².